The van der Waals surface area contributed by atoms with E-state index >= 15 is 0 Å². The summed E-state index contributed by atoms with van der Waals surface area (Å²) < 4.78 is 5.30. The fourth-order valence-electron chi connectivity index (χ4n) is 2.07. The van der Waals surface area contributed by atoms with E-state index in [0.29, 0.717) is 0 Å². The summed E-state index contributed by atoms with van der Waals surface area (Å²) in [5.41, 5.74) is 3.87. The standard InChI is InChI=1S/C16H13NO/c1-12(11-13-7-3-2-4-8-13)16-14-9-5-6-10-15(14)18-17-16/h2-10H,1,11H2. The van der Waals surface area contributed by atoms with Gasteiger partial charge in [0.05, 0.1) is 0 Å². The molecule has 2 aromatic carbocycles. The predicted octanol–water partition coefficient (Wildman–Crippen LogP) is 4.08. The van der Waals surface area contributed by atoms with Crippen LogP contribution >= 0.6 is 0 Å². The zero-order valence-corrected chi connectivity index (χ0v) is 9.97. The van der Waals surface area contributed by atoms with E-state index in [1.807, 2.05) is 42.5 Å². The Hall–Kier alpha value is -2.35. The third-order valence-corrected chi connectivity index (χ3v) is 2.97. The minimum absolute atomic E-state index is 0.789. The van der Waals surface area contributed by atoms with Crippen molar-refractivity contribution in [3.8, 4) is 0 Å². The van der Waals surface area contributed by atoms with Gasteiger partial charge in [-0.1, -0.05) is 54.2 Å². The molecule has 0 bridgehead atoms. The highest BCUT2D eigenvalue weighted by atomic mass is 16.5. The van der Waals surface area contributed by atoms with Crippen LogP contribution in [0.1, 0.15) is 11.3 Å². The van der Waals surface area contributed by atoms with Gasteiger partial charge in [-0.2, -0.15) is 0 Å². The summed E-state index contributed by atoms with van der Waals surface area (Å²) in [6.45, 7) is 4.12. The SMILES string of the molecule is C=C(Cc1ccccc1)c1noc2ccccc12. The Morgan fingerprint density at radius 3 is 2.56 bits per heavy atom. The molecule has 0 aliphatic heterocycles. The average Bonchev–Trinajstić information content (AvgIpc) is 2.84. The van der Waals surface area contributed by atoms with Gasteiger partial charge in [-0.25, -0.2) is 0 Å². The Balaban J connectivity index is 1.93. The first kappa shape index (κ1) is 10.8. The summed E-state index contributed by atoms with van der Waals surface area (Å²) in [6.07, 6.45) is 0.789. The number of fused-ring (bicyclic) bond motifs is 1. The number of hydrogen-bond donors (Lipinski definition) is 0. The quantitative estimate of drug-likeness (QED) is 0.683. The molecule has 0 fully saturated rings. The molecule has 18 heavy (non-hydrogen) atoms. The maximum Gasteiger partial charge on any atom is 0.167 e. The van der Waals surface area contributed by atoms with E-state index in [1.165, 1.54) is 5.56 Å². The Morgan fingerprint density at radius 1 is 1.00 bits per heavy atom. The molecule has 3 aromatic rings. The van der Waals surface area contributed by atoms with Gasteiger partial charge >= 0.3 is 0 Å². The summed E-state index contributed by atoms with van der Waals surface area (Å²) in [6, 6.07) is 18.1. The van der Waals surface area contributed by atoms with E-state index in [0.717, 1.165) is 28.7 Å². The number of hydrogen-bond acceptors (Lipinski definition) is 2. The van der Waals surface area contributed by atoms with Crippen LogP contribution in [0.15, 0.2) is 65.7 Å². The maximum absolute atomic E-state index is 5.30. The van der Waals surface area contributed by atoms with Crippen LogP contribution in [0.3, 0.4) is 0 Å². The van der Waals surface area contributed by atoms with E-state index in [-0.39, 0.29) is 0 Å². The molecule has 0 aliphatic carbocycles. The zero-order valence-electron chi connectivity index (χ0n) is 9.97. The first-order valence-electron chi connectivity index (χ1n) is 5.91. The topological polar surface area (TPSA) is 26.0 Å². The lowest BCUT2D eigenvalue weighted by Crippen LogP contribution is -1.89. The van der Waals surface area contributed by atoms with Gasteiger partial charge in [0.15, 0.2) is 5.58 Å². The van der Waals surface area contributed by atoms with Gasteiger partial charge in [0.1, 0.15) is 5.69 Å². The van der Waals surface area contributed by atoms with Gasteiger partial charge in [-0.05, 0) is 29.7 Å². The molecule has 0 saturated heterocycles. The number of para-hydroxylation sites is 1. The predicted molar refractivity (Wildman–Crippen MR) is 73.2 cm³/mol. The molecule has 2 heteroatoms. The minimum Gasteiger partial charge on any atom is -0.356 e. The lowest BCUT2D eigenvalue weighted by molar-refractivity contribution is 0.453. The summed E-state index contributed by atoms with van der Waals surface area (Å²) in [5.74, 6) is 0. The van der Waals surface area contributed by atoms with Crippen LogP contribution in [-0.4, -0.2) is 5.16 Å². The third-order valence-electron chi connectivity index (χ3n) is 2.97. The lowest BCUT2D eigenvalue weighted by Gasteiger charge is -2.02. The smallest absolute Gasteiger partial charge is 0.167 e. The molecular formula is C16H13NO. The molecule has 1 aromatic heterocycles. The monoisotopic (exact) mass is 235 g/mol. The van der Waals surface area contributed by atoms with Gasteiger partial charge < -0.3 is 4.52 Å². The summed E-state index contributed by atoms with van der Waals surface area (Å²) >= 11 is 0. The molecule has 2 nitrogen and oxygen atoms in total. The molecule has 0 spiro atoms. The first-order valence-corrected chi connectivity index (χ1v) is 5.91. The van der Waals surface area contributed by atoms with Crippen LogP contribution in [0.25, 0.3) is 16.5 Å². The second-order valence-electron chi connectivity index (χ2n) is 4.29. The zero-order chi connectivity index (χ0) is 12.4. The van der Waals surface area contributed by atoms with Crippen molar-refractivity contribution in [2.75, 3.05) is 0 Å². The molecule has 1 heterocycles. The van der Waals surface area contributed by atoms with Crippen molar-refractivity contribution < 1.29 is 4.52 Å². The Labute approximate surface area is 106 Å². The van der Waals surface area contributed by atoms with Crippen LogP contribution in [0.2, 0.25) is 0 Å². The normalized spacial score (nSPS) is 10.7. The number of aromatic nitrogens is 1. The number of nitrogens with zero attached hydrogens (tertiary/aromatic N) is 1. The molecule has 0 atom stereocenters. The molecule has 0 saturated carbocycles. The third kappa shape index (κ3) is 1.93. The van der Waals surface area contributed by atoms with Crippen molar-refractivity contribution in [1.29, 1.82) is 0 Å². The van der Waals surface area contributed by atoms with Crippen molar-refractivity contribution in [2.24, 2.45) is 0 Å². The molecule has 3 rings (SSSR count). The lowest BCUT2D eigenvalue weighted by atomic mass is 10.0. The molecule has 0 N–H and O–H groups in total. The summed E-state index contributed by atoms with van der Waals surface area (Å²) in [7, 11) is 0. The number of benzene rings is 2. The van der Waals surface area contributed by atoms with Crippen molar-refractivity contribution in [2.45, 2.75) is 6.42 Å². The molecule has 88 valence electrons. The van der Waals surface area contributed by atoms with Gasteiger partial charge in [-0.3, -0.25) is 0 Å². The fourth-order valence-corrected chi connectivity index (χ4v) is 2.07. The molecule has 0 amide bonds. The van der Waals surface area contributed by atoms with E-state index in [1.54, 1.807) is 0 Å². The summed E-state index contributed by atoms with van der Waals surface area (Å²) in [5, 5.41) is 5.14. The van der Waals surface area contributed by atoms with Gasteiger partial charge in [0.25, 0.3) is 0 Å². The van der Waals surface area contributed by atoms with Crippen LogP contribution in [0.5, 0.6) is 0 Å². The van der Waals surface area contributed by atoms with Crippen molar-refractivity contribution in [3.63, 3.8) is 0 Å². The minimum atomic E-state index is 0.789. The van der Waals surface area contributed by atoms with E-state index in [4.69, 9.17) is 4.52 Å². The van der Waals surface area contributed by atoms with Crippen LogP contribution < -0.4 is 0 Å². The van der Waals surface area contributed by atoms with E-state index in [2.05, 4.69) is 23.9 Å². The van der Waals surface area contributed by atoms with E-state index in [9.17, 15) is 0 Å². The van der Waals surface area contributed by atoms with Crippen LogP contribution in [0.4, 0.5) is 0 Å². The fraction of sp³-hybridized carbons (Fsp3) is 0.0625. The maximum atomic E-state index is 5.30. The van der Waals surface area contributed by atoms with Gasteiger partial charge in [-0.15, -0.1) is 0 Å². The highest BCUT2D eigenvalue weighted by Gasteiger charge is 2.10. The summed E-state index contributed by atoms with van der Waals surface area (Å²) in [4.78, 5) is 0. The van der Waals surface area contributed by atoms with Crippen LogP contribution in [0, 0.1) is 0 Å². The highest BCUT2D eigenvalue weighted by Crippen LogP contribution is 2.25. The van der Waals surface area contributed by atoms with Crippen molar-refractivity contribution in [1.82, 2.24) is 5.16 Å². The van der Waals surface area contributed by atoms with Crippen molar-refractivity contribution >= 4 is 16.5 Å². The second kappa shape index (κ2) is 4.49. The first-order chi connectivity index (χ1) is 8.84. The molecule has 0 radical (unpaired) electrons. The Morgan fingerprint density at radius 2 is 1.72 bits per heavy atom. The molecule has 0 aliphatic rings. The number of rotatable bonds is 3. The van der Waals surface area contributed by atoms with Crippen molar-refractivity contribution in [3.05, 3.63) is 72.4 Å². The van der Waals surface area contributed by atoms with Crippen LogP contribution in [-0.2, 0) is 6.42 Å². The second-order valence-corrected chi connectivity index (χ2v) is 4.29. The molecule has 0 unspecified atom stereocenters. The van der Waals surface area contributed by atoms with E-state index < -0.39 is 0 Å². The number of allylic oxidation sites excluding steroid dienone is 1. The molecular weight excluding hydrogens is 222 g/mol. The Kier molecular flexibility index (Phi) is 2.69. The van der Waals surface area contributed by atoms with Gasteiger partial charge in [0.2, 0.25) is 0 Å². The van der Waals surface area contributed by atoms with Gasteiger partial charge in [0, 0.05) is 5.39 Å². The largest absolute Gasteiger partial charge is 0.356 e. The Bertz CT molecular complexity index is 682. The highest BCUT2D eigenvalue weighted by molar-refractivity contribution is 5.88. The average molecular weight is 235 g/mol.